The third kappa shape index (κ3) is 3.37. The molecule has 5 rings (SSSR count). The van der Waals surface area contributed by atoms with Gasteiger partial charge in [-0.2, -0.15) is 0 Å². The van der Waals surface area contributed by atoms with E-state index in [1.165, 1.54) is 22.5 Å². The number of carbonyl (C=O) groups is 1. The van der Waals surface area contributed by atoms with Crippen LogP contribution in [0.1, 0.15) is 16.7 Å². The molecule has 30 heavy (non-hydrogen) atoms. The molecule has 0 aliphatic rings. The number of anilines is 1. The molecule has 2 aromatic heterocycles. The minimum Gasteiger partial charge on any atom is -0.464 e. The predicted octanol–water partition coefficient (Wildman–Crippen LogP) is 6.51. The van der Waals surface area contributed by atoms with Gasteiger partial charge < -0.3 is 9.73 Å². The van der Waals surface area contributed by atoms with Gasteiger partial charge in [-0.25, -0.2) is 4.98 Å². The quantitative estimate of drug-likeness (QED) is 0.366. The molecular formula is C25H20N2O2S. The molecule has 0 saturated heterocycles. The van der Waals surface area contributed by atoms with Gasteiger partial charge in [0.05, 0.1) is 18.4 Å². The Balaban J connectivity index is 1.38. The van der Waals surface area contributed by atoms with Crippen LogP contribution < -0.4 is 5.32 Å². The molecule has 0 aliphatic carbocycles. The fourth-order valence-corrected chi connectivity index (χ4v) is 4.44. The van der Waals surface area contributed by atoms with Gasteiger partial charge in [-0.3, -0.25) is 4.79 Å². The number of aryl methyl sites for hydroxylation is 2. The van der Waals surface area contributed by atoms with E-state index in [2.05, 4.69) is 54.5 Å². The average molecular weight is 413 g/mol. The molecule has 4 nitrogen and oxygen atoms in total. The first-order valence-electron chi connectivity index (χ1n) is 9.79. The first kappa shape index (κ1) is 18.6. The zero-order chi connectivity index (χ0) is 20.7. The van der Waals surface area contributed by atoms with Crippen LogP contribution in [0, 0.1) is 13.8 Å². The van der Waals surface area contributed by atoms with Crippen molar-refractivity contribution in [1.29, 1.82) is 0 Å². The van der Waals surface area contributed by atoms with Gasteiger partial charge in [-0.1, -0.05) is 42.5 Å². The van der Waals surface area contributed by atoms with Crippen molar-refractivity contribution in [3.05, 3.63) is 82.9 Å². The van der Waals surface area contributed by atoms with Gasteiger partial charge >= 0.3 is 0 Å². The normalized spacial score (nSPS) is 11.3. The Morgan fingerprint density at radius 1 is 1.07 bits per heavy atom. The van der Waals surface area contributed by atoms with E-state index >= 15 is 0 Å². The first-order valence-corrected chi connectivity index (χ1v) is 10.7. The number of amides is 1. The van der Waals surface area contributed by atoms with Crippen molar-refractivity contribution >= 4 is 44.1 Å². The second-order valence-electron chi connectivity index (χ2n) is 7.48. The number of hydrogen-bond donors (Lipinski definition) is 1. The van der Waals surface area contributed by atoms with Gasteiger partial charge in [0.2, 0.25) is 5.91 Å². The van der Waals surface area contributed by atoms with E-state index in [0.717, 1.165) is 38.6 Å². The standard InChI is InChI=1S/C25H20N2O2S/c1-15-7-8-18(11-16(15)2)21-14-30-25(26-21)27-23(28)12-19-13-29-22-10-9-17-5-3-4-6-20(17)24(19)22/h3-11,13-14H,12H2,1-2H3,(H,26,27,28). The van der Waals surface area contributed by atoms with Crippen LogP contribution in [0.4, 0.5) is 5.13 Å². The van der Waals surface area contributed by atoms with Crippen molar-refractivity contribution < 1.29 is 9.21 Å². The lowest BCUT2D eigenvalue weighted by atomic mass is 10.0. The summed E-state index contributed by atoms with van der Waals surface area (Å²) in [5.74, 6) is -0.105. The Morgan fingerprint density at radius 3 is 2.80 bits per heavy atom. The van der Waals surface area contributed by atoms with Crippen LogP contribution in [0.2, 0.25) is 0 Å². The Morgan fingerprint density at radius 2 is 1.93 bits per heavy atom. The third-order valence-electron chi connectivity index (χ3n) is 5.44. The molecular weight excluding hydrogens is 392 g/mol. The second kappa shape index (κ2) is 7.43. The summed E-state index contributed by atoms with van der Waals surface area (Å²) >= 11 is 1.44. The molecule has 0 radical (unpaired) electrons. The van der Waals surface area contributed by atoms with E-state index < -0.39 is 0 Å². The highest BCUT2D eigenvalue weighted by molar-refractivity contribution is 7.14. The van der Waals surface area contributed by atoms with Crippen molar-refractivity contribution in [2.24, 2.45) is 0 Å². The zero-order valence-corrected chi connectivity index (χ0v) is 17.5. The first-order chi connectivity index (χ1) is 14.6. The van der Waals surface area contributed by atoms with Crippen molar-refractivity contribution in [2.75, 3.05) is 5.32 Å². The van der Waals surface area contributed by atoms with E-state index in [9.17, 15) is 4.79 Å². The monoisotopic (exact) mass is 412 g/mol. The number of hydrogen-bond acceptors (Lipinski definition) is 4. The fourth-order valence-electron chi connectivity index (χ4n) is 3.71. The Labute approximate surface area is 178 Å². The summed E-state index contributed by atoms with van der Waals surface area (Å²) in [5, 5.41) is 8.74. The van der Waals surface area contributed by atoms with E-state index in [1.807, 2.05) is 29.6 Å². The summed E-state index contributed by atoms with van der Waals surface area (Å²) in [4.78, 5) is 17.3. The lowest BCUT2D eigenvalue weighted by Gasteiger charge is -2.04. The fraction of sp³-hybridized carbons (Fsp3) is 0.120. The summed E-state index contributed by atoms with van der Waals surface area (Å²) in [5.41, 5.74) is 6.08. The molecule has 0 unspecified atom stereocenters. The number of carbonyl (C=O) groups excluding carboxylic acids is 1. The molecule has 0 aliphatic heterocycles. The molecule has 0 bridgehead atoms. The molecule has 148 valence electrons. The van der Waals surface area contributed by atoms with Gasteiger partial charge in [-0.05, 0) is 47.9 Å². The van der Waals surface area contributed by atoms with Crippen molar-refractivity contribution in [3.63, 3.8) is 0 Å². The Kier molecular flexibility index (Phi) is 4.60. The summed E-state index contributed by atoms with van der Waals surface area (Å²) in [6.45, 7) is 4.18. The average Bonchev–Trinajstić information content (AvgIpc) is 3.37. The van der Waals surface area contributed by atoms with Gasteiger partial charge in [0.15, 0.2) is 5.13 Å². The van der Waals surface area contributed by atoms with Gasteiger partial charge in [0.1, 0.15) is 5.58 Å². The number of aromatic nitrogens is 1. The SMILES string of the molecule is Cc1ccc(-c2csc(NC(=O)Cc3coc4ccc5ccccc5c34)n2)cc1C. The van der Waals surface area contributed by atoms with Gasteiger partial charge in [0, 0.05) is 21.9 Å². The number of fused-ring (bicyclic) bond motifs is 3. The minimum atomic E-state index is -0.105. The van der Waals surface area contributed by atoms with Crippen molar-refractivity contribution in [3.8, 4) is 11.3 Å². The Hall–Kier alpha value is -3.44. The number of rotatable bonds is 4. The molecule has 0 atom stereocenters. The molecule has 5 aromatic rings. The highest BCUT2D eigenvalue weighted by Crippen LogP contribution is 2.31. The minimum absolute atomic E-state index is 0.105. The molecule has 1 amide bonds. The number of benzene rings is 3. The molecule has 1 N–H and O–H groups in total. The van der Waals surface area contributed by atoms with Crippen LogP contribution in [0.3, 0.4) is 0 Å². The van der Waals surface area contributed by atoms with Gasteiger partial charge in [-0.15, -0.1) is 11.3 Å². The van der Waals surface area contributed by atoms with Crippen molar-refractivity contribution in [1.82, 2.24) is 4.98 Å². The summed E-state index contributed by atoms with van der Waals surface area (Å²) in [6, 6.07) is 18.4. The summed E-state index contributed by atoms with van der Waals surface area (Å²) in [6.07, 6.45) is 1.92. The van der Waals surface area contributed by atoms with E-state index in [0.29, 0.717) is 5.13 Å². The lowest BCUT2D eigenvalue weighted by Crippen LogP contribution is -2.14. The Bertz CT molecular complexity index is 1400. The molecule has 0 fully saturated rings. The lowest BCUT2D eigenvalue weighted by molar-refractivity contribution is -0.115. The van der Waals surface area contributed by atoms with Crippen LogP contribution in [0.15, 0.2) is 70.7 Å². The van der Waals surface area contributed by atoms with Gasteiger partial charge in [0.25, 0.3) is 0 Å². The van der Waals surface area contributed by atoms with Crippen LogP contribution >= 0.6 is 11.3 Å². The molecule has 3 aromatic carbocycles. The predicted molar refractivity (Wildman–Crippen MR) is 123 cm³/mol. The number of nitrogens with one attached hydrogen (secondary N) is 1. The molecule has 0 spiro atoms. The number of thiazole rings is 1. The second-order valence-corrected chi connectivity index (χ2v) is 8.34. The number of nitrogens with zero attached hydrogens (tertiary/aromatic N) is 1. The molecule has 2 heterocycles. The molecule has 0 saturated carbocycles. The zero-order valence-electron chi connectivity index (χ0n) is 16.7. The highest BCUT2D eigenvalue weighted by atomic mass is 32.1. The van der Waals surface area contributed by atoms with Crippen LogP contribution in [0.5, 0.6) is 0 Å². The highest BCUT2D eigenvalue weighted by Gasteiger charge is 2.15. The maximum absolute atomic E-state index is 12.7. The summed E-state index contributed by atoms with van der Waals surface area (Å²) in [7, 11) is 0. The van der Waals surface area contributed by atoms with E-state index in [1.54, 1.807) is 6.26 Å². The molecule has 5 heteroatoms. The summed E-state index contributed by atoms with van der Waals surface area (Å²) < 4.78 is 5.70. The largest absolute Gasteiger partial charge is 0.464 e. The van der Waals surface area contributed by atoms with Crippen LogP contribution in [-0.2, 0) is 11.2 Å². The maximum atomic E-state index is 12.7. The van der Waals surface area contributed by atoms with E-state index in [-0.39, 0.29) is 12.3 Å². The number of furan rings is 1. The third-order valence-corrected chi connectivity index (χ3v) is 6.20. The van der Waals surface area contributed by atoms with Crippen LogP contribution in [-0.4, -0.2) is 10.9 Å². The smallest absolute Gasteiger partial charge is 0.230 e. The van der Waals surface area contributed by atoms with E-state index in [4.69, 9.17) is 4.42 Å². The topological polar surface area (TPSA) is 55.1 Å². The maximum Gasteiger partial charge on any atom is 0.230 e. The van der Waals surface area contributed by atoms with Crippen molar-refractivity contribution in [2.45, 2.75) is 20.3 Å². The van der Waals surface area contributed by atoms with Crippen LogP contribution in [0.25, 0.3) is 33.0 Å².